The van der Waals surface area contributed by atoms with Gasteiger partial charge in [0.2, 0.25) is 0 Å². The van der Waals surface area contributed by atoms with Gasteiger partial charge in [-0.05, 0) is 48.0 Å². The van der Waals surface area contributed by atoms with Crippen molar-refractivity contribution in [1.29, 1.82) is 0 Å². The van der Waals surface area contributed by atoms with Crippen molar-refractivity contribution in [3.8, 4) is 16.9 Å². The number of para-hydroxylation sites is 1. The molecular formula is C23H16ClNO4. The number of rotatable bonds is 4. The highest BCUT2D eigenvalue weighted by Gasteiger charge is 2.14. The minimum atomic E-state index is -0.441. The number of amides is 1. The zero-order valence-electron chi connectivity index (χ0n) is 15.4. The molecule has 0 aliphatic rings. The quantitative estimate of drug-likeness (QED) is 0.463. The molecule has 29 heavy (non-hydrogen) atoms. The second-order valence-corrected chi connectivity index (χ2v) is 6.80. The molecule has 0 unspecified atom stereocenters. The van der Waals surface area contributed by atoms with Gasteiger partial charge in [0.1, 0.15) is 11.3 Å². The first kappa shape index (κ1) is 18.8. The van der Waals surface area contributed by atoms with Crippen LogP contribution >= 0.6 is 11.6 Å². The van der Waals surface area contributed by atoms with Gasteiger partial charge in [-0.25, -0.2) is 4.79 Å². The van der Waals surface area contributed by atoms with Crippen molar-refractivity contribution in [3.05, 3.63) is 93.8 Å². The van der Waals surface area contributed by atoms with Crippen LogP contribution in [-0.4, -0.2) is 13.0 Å². The summed E-state index contributed by atoms with van der Waals surface area (Å²) in [5.41, 5.74) is 1.99. The summed E-state index contributed by atoms with van der Waals surface area (Å²) in [7, 11) is 1.49. The lowest BCUT2D eigenvalue weighted by molar-refractivity contribution is 0.102. The standard InChI is InChI=1S/C23H16ClNO4/c1-28-21-10-9-16(24)13-19(21)22(26)25-17-7-4-6-14(11-17)18-12-15-5-2-3-8-20(15)29-23(18)27/h2-13H,1H3,(H,25,26). The van der Waals surface area contributed by atoms with Crippen LogP contribution in [0.2, 0.25) is 5.02 Å². The van der Waals surface area contributed by atoms with E-state index in [0.29, 0.717) is 38.7 Å². The summed E-state index contributed by atoms with van der Waals surface area (Å²) in [6, 6.07) is 20.9. The summed E-state index contributed by atoms with van der Waals surface area (Å²) in [6.07, 6.45) is 0. The fourth-order valence-corrected chi connectivity index (χ4v) is 3.26. The largest absolute Gasteiger partial charge is 0.496 e. The van der Waals surface area contributed by atoms with Crippen LogP contribution in [0.4, 0.5) is 5.69 Å². The molecule has 4 rings (SSSR count). The van der Waals surface area contributed by atoms with E-state index in [2.05, 4.69) is 5.32 Å². The van der Waals surface area contributed by atoms with Crippen molar-refractivity contribution in [2.24, 2.45) is 0 Å². The van der Waals surface area contributed by atoms with Crippen LogP contribution in [0.25, 0.3) is 22.1 Å². The van der Waals surface area contributed by atoms with Crippen LogP contribution in [0.3, 0.4) is 0 Å². The van der Waals surface area contributed by atoms with Crippen molar-refractivity contribution >= 4 is 34.2 Å². The van der Waals surface area contributed by atoms with E-state index < -0.39 is 5.63 Å². The Morgan fingerprint density at radius 2 is 1.83 bits per heavy atom. The van der Waals surface area contributed by atoms with Gasteiger partial charge >= 0.3 is 5.63 Å². The first-order chi connectivity index (χ1) is 14.0. The van der Waals surface area contributed by atoms with Crippen LogP contribution in [0.5, 0.6) is 5.75 Å². The molecule has 0 fully saturated rings. The Balaban J connectivity index is 1.68. The van der Waals surface area contributed by atoms with Crippen molar-refractivity contribution in [2.75, 3.05) is 12.4 Å². The zero-order chi connectivity index (χ0) is 20.4. The Labute approximate surface area is 171 Å². The highest BCUT2D eigenvalue weighted by molar-refractivity contribution is 6.31. The van der Waals surface area contributed by atoms with E-state index in [-0.39, 0.29) is 5.91 Å². The maximum absolute atomic E-state index is 12.7. The van der Waals surface area contributed by atoms with Gasteiger partial charge in [0.05, 0.1) is 18.2 Å². The van der Waals surface area contributed by atoms with Crippen LogP contribution in [0.1, 0.15) is 10.4 Å². The first-order valence-electron chi connectivity index (χ1n) is 8.83. The molecule has 144 valence electrons. The van der Waals surface area contributed by atoms with Crippen molar-refractivity contribution in [3.63, 3.8) is 0 Å². The Morgan fingerprint density at radius 1 is 1.00 bits per heavy atom. The number of anilines is 1. The molecule has 1 aromatic heterocycles. The third-order valence-corrected chi connectivity index (χ3v) is 4.71. The second kappa shape index (κ2) is 7.81. The van der Waals surface area contributed by atoms with Gasteiger partial charge in [0, 0.05) is 16.1 Å². The summed E-state index contributed by atoms with van der Waals surface area (Å²) >= 11 is 6.01. The van der Waals surface area contributed by atoms with E-state index in [0.717, 1.165) is 5.39 Å². The number of fused-ring (bicyclic) bond motifs is 1. The molecule has 4 aromatic rings. The van der Waals surface area contributed by atoms with Gasteiger partial charge in [-0.1, -0.05) is 41.9 Å². The highest BCUT2D eigenvalue weighted by Crippen LogP contribution is 2.26. The van der Waals surface area contributed by atoms with Crippen molar-refractivity contribution < 1.29 is 13.9 Å². The van der Waals surface area contributed by atoms with E-state index in [1.807, 2.05) is 18.2 Å². The van der Waals surface area contributed by atoms with Gasteiger partial charge in [0.15, 0.2) is 0 Å². The van der Waals surface area contributed by atoms with E-state index in [4.69, 9.17) is 20.8 Å². The molecule has 0 aliphatic carbocycles. The lowest BCUT2D eigenvalue weighted by Gasteiger charge is -2.11. The molecule has 0 aliphatic heterocycles. The van der Waals surface area contributed by atoms with Gasteiger partial charge in [0.25, 0.3) is 5.91 Å². The Morgan fingerprint density at radius 3 is 2.66 bits per heavy atom. The number of benzene rings is 3. The zero-order valence-corrected chi connectivity index (χ0v) is 16.2. The lowest BCUT2D eigenvalue weighted by atomic mass is 10.1. The van der Waals surface area contributed by atoms with E-state index in [1.54, 1.807) is 48.5 Å². The topological polar surface area (TPSA) is 68.5 Å². The lowest BCUT2D eigenvalue weighted by Crippen LogP contribution is -2.13. The third kappa shape index (κ3) is 3.86. The average molecular weight is 406 g/mol. The molecule has 1 amide bonds. The highest BCUT2D eigenvalue weighted by atomic mass is 35.5. The normalized spacial score (nSPS) is 10.7. The third-order valence-electron chi connectivity index (χ3n) is 4.48. The minimum Gasteiger partial charge on any atom is -0.496 e. The molecule has 0 spiro atoms. The fourth-order valence-electron chi connectivity index (χ4n) is 3.08. The molecule has 1 heterocycles. The summed E-state index contributed by atoms with van der Waals surface area (Å²) in [4.78, 5) is 25.1. The van der Waals surface area contributed by atoms with E-state index in [9.17, 15) is 9.59 Å². The maximum Gasteiger partial charge on any atom is 0.344 e. The monoisotopic (exact) mass is 405 g/mol. The molecule has 0 saturated heterocycles. The van der Waals surface area contributed by atoms with Crippen LogP contribution in [0, 0.1) is 0 Å². The number of carbonyl (C=O) groups excluding carboxylic acids is 1. The van der Waals surface area contributed by atoms with Gasteiger partial charge in [-0.15, -0.1) is 0 Å². The molecule has 0 atom stereocenters. The number of carbonyl (C=O) groups is 1. The summed E-state index contributed by atoms with van der Waals surface area (Å²) in [6.45, 7) is 0. The predicted octanol–water partition coefficient (Wildman–Crippen LogP) is 5.37. The summed E-state index contributed by atoms with van der Waals surface area (Å²) in [5.74, 6) is 0.0466. The maximum atomic E-state index is 12.7. The summed E-state index contributed by atoms with van der Waals surface area (Å²) < 4.78 is 10.6. The SMILES string of the molecule is COc1ccc(Cl)cc1C(=O)Nc1cccc(-c2cc3ccccc3oc2=O)c1. The summed E-state index contributed by atoms with van der Waals surface area (Å²) in [5, 5.41) is 4.07. The van der Waals surface area contributed by atoms with Gasteiger partial charge < -0.3 is 14.5 Å². The number of hydrogen-bond acceptors (Lipinski definition) is 4. The molecule has 0 bridgehead atoms. The van der Waals surface area contributed by atoms with Gasteiger partial charge in [-0.2, -0.15) is 0 Å². The average Bonchev–Trinajstić information content (AvgIpc) is 2.73. The second-order valence-electron chi connectivity index (χ2n) is 6.36. The molecular weight excluding hydrogens is 390 g/mol. The number of nitrogens with one attached hydrogen (secondary N) is 1. The molecule has 3 aromatic carbocycles. The number of methoxy groups -OCH3 is 1. The number of hydrogen-bond donors (Lipinski definition) is 1. The van der Waals surface area contributed by atoms with Gasteiger partial charge in [-0.3, -0.25) is 4.79 Å². The van der Waals surface area contributed by atoms with Crippen LogP contribution in [-0.2, 0) is 0 Å². The predicted molar refractivity (Wildman–Crippen MR) is 114 cm³/mol. The fraction of sp³-hybridized carbons (Fsp3) is 0.0435. The van der Waals surface area contributed by atoms with Crippen molar-refractivity contribution in [2.45, 2.75) is 0 Å². The molecule has 0 saturated carbocycles. The Bertz CT molecular complexity index is 1280. The minimum absolute atomic E-state index is 0.315. The van der Waals surface area contributed by atoms with Crippen molar-refractivity contribution in [1.82, 2.24) is 0 Å². The van der Waals surface area contributed by atoms with Crippen LogP contribution in [0.15, 0.2) is 82.0 Å². The number of halogens is 1. The van der Waals surface area contributed by atoms with E-state index in [1.165, 1.54) is 13.2 Å². The smallest absolute Gasteiger partial charge is 0.344 e. The Hall–Kier alpha value is -3.57. The molecule has 0 radical (unpaired) electrons. The Kier molecular flexibility index (Phi) is 5.06. The molecule has 5 nitrogen and oxygen atoms in total. The van der Waals surface area contributed by atoms with E-state index >= 15 is 0 Å². The molecule has 1 N–H and O–H groups in total. The number of ether oxygens (including phenoxy) is 1. The first-order valence-corrected chi connectivity index (χ1v) is 9.21. The molecule has 6 heteroatoms. The van der Waals surface area contributed by atoms with Crippen LogP contribution < -0.4 is 15.7 Å².